The second-order valence-corrected chi connectivity index (χ2v) is 7.18. The summed E-state index contributed by atoms with van der Waals surface area (Å²) in [6.45, 7) is 7.71. The Balaban J connectivity index is 1.80. The van der Waals surface area contributed by atoms with Crippen molar-refractivity contribution in [1.29, 1.82) is 0 Å². The quantitative estimate of drug-likeness (QED) is 0.860. The van der Waals surface area contributed by atoms with Crippen molar-refractivity contribution in [2.24, 2.45) is 11.8 Å². The van der Waals surface area contributed by atoms with Crippen LogP contribution in [0.15, 0.2) is 16.9 Å². The summed E-state index contributed by atoms with van der Waals surface area (Å²) < 4.78 is 1.37. The monoisotopic (exact) mass is 303 g/mol. The Kier molecular flexibility index (Phi) is 4.06. The zero-order valence-corrected chi connectivity index (χ0v) is 13.7. The van der Waals surface area contributed by atoms with E-state index in [1.165, 1.54) is 4.68 Å². The van der Waals surface area contributed by atoms with Gasteiger partial charge in [-0.3, -0.25) is 9.59 Å². The van der Waals surface area contributed by atoms with E-state index >= 15 is 0 Å². The van der Waals surface area contributed by atoms with Gasteiger partial charge in [-0.25, -0.2) is 4.68 Å². The normalized spacial score (nSPS) is 26.8. The molecular formula is C17H25N3O2. The van der Waals surface area contributed by atoms with Gasteiger partial charge in [0.25, 0.3) is 5.56 Å². The van der Waals surface area contributed by atoms with Crippen molar-refractivity contribution in [3.05, 3.63) is 28.2 Å². The van der Waals surface area contributed by atoms with Crippen LogP contribution in [0, 0.1) is 11.8 Å². The van der Waals surface area contributed by atoms with E-state index in [9.17, 15) is 9.59 Å². The van der Waals surface area contributed by atoms with E-state index in [-0.39, 0.29) is 11.5 Å². The fourth-order valence-electron chi connectivity index (χ4n) is 3.53. The Morgan fingerprint density at radius 2 is 1.86 bits per heavy atom. The molecule has 1 saturated carbocycles. The molecule has 0 spiro atoms. The summed E-state index contributed by atoms with van der Waals surface area (Å²) in [6.07, 6.45) is 3.43. The Labute approximate surface area is 131 Å². The maximum atomic E-state index is 12.8. The number of aromatic nitrogens is 2. The van der Waals surface area contributed by atoms with Crippen LogP contribution in [-0.4, -0.2) is 33.7 Å². The minimum atomic E-state index is -0.524. The predicted molar refractivity (Wildman–Crippen MR) is 84.7 cm³/mol. The first kappa shape index (κ1) is 15.3. The lowest BCUT2D eigenvalue weighted by Gasteiger charge is -2.36. The highest BCUT2D eigenvalue weighted by Gasteiger charge is 2.31. The van der Waals surface area contributed by atoms with Gasteiger partial charge in [-0.1, -0.05) is 13.8 Å². The van der Waals surface area contributed by atoms with Crippen LogP contribution in [0.5, 0.6) is 0 Å². The van der Waals surface area contributed by atoms with E-state index in [4.69, 9.17) is 0 Å². The van der Waals surface area contributed by atoms with Crippen molar-refractivity contribution in [2.75, 3.05) is 13.1 Å². The zero-order valence-electron chi connectivity index (χ0n) is 13.7. The summed E-state index contributed by atoms with van der Waals surface area (Å²) in [6, 6.07) is 2.83. The average molecular weight is 303 g/mol. The summed E-state index contributed by atoms with van der Waals surface area (Å²) in [5.41, 5.74) is 0.753. The number of rotatable bonds is 3. The highest BCUT2D eigenvalue weighted by molar-refractivity contribution is 5.80. The first-order chi connectivity index (χ1) is 10.5. The molecule has 0 aromatic carbocycles. The summed E-state index contributed by atoms with van der Waals surface area (Å²) in [5.74, 6) is 1.52. The Morgan fingerprint density at radius 3 is 2.45 bits per heavy atom. The van der Waals surface area contributed by atoms with Gasteiger partial charge in [0.2, 0.25) is 5.91 Å². The van der Waals surface area contributed by atoms with Crippen LogP contribution in [0.3, 0.4) is 0 Å². The molecular weight excluding hydrogens is 278 g/mol. The number of piperidine rings is 1. The molecule has 1 saturated heterocycles. The minimum absolute atomic E-state index is 0.0148. The molecule has 22 heavy (non-hydrogen) atoms. The van der Waals surface area contributed by atoms with Crippen molar-refractivity contribution in [3.63, 3.8) is 0 Å². The standard InChI is InChI=1S/C17H25N3O2/c1-11-8-12(2)10-19(9-11)17(22)13(3)20-16(21)7-6-15(18-20)14-4-5-14/h6-7,11-14H,4-5,8-10H2,1-3H3. The molecule has 1 aliphatic carbocycles. The van der Waals surface area contributed by atoms with E-state index in [1.807, 2.05) is 4.90 Å². The number of carbonyl (C=O) groups is 1. The molecule has 3 atom stereocenters. The Morgan fingerprint density at radius 1 is 1.23 bits per heavy atom. The first-order valence-electron chi connectivity index (χ1n) is 8.34. The predicted octanol–water partition coefficient (Wildman–Crippen LogP) is 2.19. The maximum Gasteiger partial charge on any atom is 0.267 e. The van der Waals surface area contributed by atoms with Gasteiger partial charge in [0.1, 0.15) is 6.04 Å². The fraction of sp³-hybridized carbons (Fsp3) is 0.706. The molecule has 0 N–H and O–H groups in total. The number of likely N-dealkylation sites (tertiary alicyclic amines) is 1. The Hall–Kier alpha value is -1.65. The maximum absolute atomic E-state index is 12.8. The number of hydrogen-bond acceptors (Lipinski definition) is 3. The SMILES string of the molecule is CC1CC(C)CN(C(=O)C(C)n2nc(C3CC3)ccc2=O)C1. The highest BCUT2D eigenvalue weighted by atomic mass is 16.2. The largest absolute Gasteiger partial charge is 0.340 e. The summed E-state index contributed by atoms with van der Waals surface area (Å²) in [4.78, 5) is 26.8. The molecule has 1 aliphatic heterocycles. The molecule has 0 bridgehead atoms. The molecule has 2 fully saturated rings. The zero-order chi connectivity index (χ0) is 15.9. The summed E-state index contributed by atoms with van der Waals surface area (Å²) in [7, 11) is 0. The smallest absolute Gasteiger partial charge is 0.267 e. The lowest BCUT2D eigenvalue weighted by Crippen LogP contribution is -2.46. The molecule has 5 nitrogen and oxygen atoms in total. The average Bonchev–Trinajstić information content (AvgIpc) is 3.30. The van der Waals surface area contributed by atoms with E-state index in [0.717, 1.165) is 38.0 Å². The van der Waals surface area contributed by atoms with Gasteiger partial charge >= 0.3 is 0 Å². The van der Waals surface area contributed by atoms with Gasteiger partial charge in [-0.2, -0.15) is 5.10 Å². The van der Waals surface area contributed by atoms with Crippen molar-refractivity contribution >= 4 is 5.91 Å². The summed E-state index contributed by atoms with van der Waals surface area (Å²) in [5, 5.41) is 4.44. The number of nitrogens with zero attached hydrogens (tertiary/aromatic N) is 3. The Bertz CT molecular complexity index is 611. The molecule has 5 heteroatoms. The fourth-order valence-corrected chi connectivity index (χ4v) is 3.53. The lowest BCUT2D eigenvalue weighted by atomic mass is 9.91. The lowest BCUT2D eigenvalue weighted by molar-refractivity contribution is -0.137. The van der Waals surface area contributed by atoms with Crippen LogP contribution in [0.25, 0.3) is 0 Å². The van der Waals surface area contributed by atoms with Crippen LogP contribution in [0.4, 0.5) is 0 Å². The molecule has 1 aromatic heterocycles. The number of amides is 1. The van der Waals surface area contributed by atoms with Crippen LogP contribution in [-0.2, 0) is 4.79 Å². The van der Waals surface area contributed by atoms with Gasteiger partial charge in [0, 0.05) is 25.1 Å². The van der Waals surface area contributed by atoms with Gasteiger partial charge in [-0.05, 0) is 44.1 Å². The minimum Gasteiger partial charge on any atom is -0.340 e. The molecule has 1 aromatic rings. The van der Waals surface area contributed by atoms with E-state index in [0.29, 0.717) is 17.8 Å². The van der Waals surface area contributed by atoms with Crippen molar-refractivity contribution in [1.82, 2.24) is 14.7 Å². The van der Waals surface area contributed by atoms with E-state index < -0.39 is 6.04 Å². The molecule has 3 unspecified atom stereocenters. The number of carbonyl (C=O) groups excluding carboxylic acids is 1. The second kappa shape index (κ2) is 5.86. The highest BCUT2D eigenvalue weighted by Crippen LogP contribution is 2.38. The van der Waals surface area contributed by atoms with Crippen LogP contribution in [0.2, 0.25) is 0 Å². The molecule has 120 valence electrons. The first-order valence-corrected chi connectivity index (χ1v) is 8.34. The molecule has 3 rings (SSSR count). The van der Waals surface area contributed by atoms with Crippen LogP contribution < -0.4 is 5.56 Å². The van der Waals surface area contributed by atoms with Crippen LogP contribution in [0.1, 0.15) is 57.7 Å². The van der Waals surface area contributed by atoms with Gasteiger partial charge in [-0.15, -0.1) is 0 Å². The van der Waals surface area contributed by atoms with E-state index in [1.54, 1.807) is 19.1 Å². The van der Waals surface area contributed by atoms with Crippen molar-refractivity contribution in [2.45, 2.75) is 52.0 Å². The third-order valence-corrected chi connectivity index (χ3v) is 4.75. The molecule has 2 aliphatic rings. The van der Waals surface area contributed by atoms with Gasteiger partial charge in [0.05, 0.1) is 5.69 Å². The van der Waals surface area contributed by atoms with Crippen LogP contribution >= 0.6 is 0 Å². The third kappa shape index (κ3) is 3.08. The molecule has 0 radical (unpaired) electrons. The van der Waals surface area contributed by atoms with Gasteiger partial charge in [0.15, 0.2) is 0 Å². The van der Waals surface area contributed by atoms with Gasteiger partial charge < -0.3 is 4.90 Å². The summed E-state index contributed by atoms with van der Waals surface area (Å²) >= 11 is 0. The number of hydrogen-bond donors (Lipinski definition) is 0. The molecule has 2 heterocycles. The topological polar surface area (TPSA) is 55.2 Å². The van der Waals surface area contributed by atoms with Crippen molar-refractivity contribution in [3.8, 4) is 0 Å². The van der Waals surface area contributed by atoms with E-state index in [2.05, 4.69) is 18.9 Å². The third-order valence-electron chi connectivity index (χ3n) is 4.75. The van der Waals surface area contributed by atoms with Crippen molar-refractivity contribution < 1.29 is 4.79 Å². The molecule has 1 amide bonds. The second-order valence-electron chi connectivity index (χ2n) is 7.18.